The fraction of sp³-hybridized carbons (Fsp3) is 0.300. The number of fused-ring (bicyclic) bond motifs is 4. The van der Waals surface area contributed by atoms with Gasteiger partial charge in [-0.3, -0.25) is 0 Å². The predicted molar refractivity (Wildman–Crippen MR) is 187 cm³/mol. The highest BCUT2D eigenvalue weighted by Gasteiger charge is 2.22. The molecule has 0 amide bonds. The van der Waals surface area contributed by atoms with Gasteiger partial charge in [0.2, 0.25) is 0 Å². The second-order valence-corrected chi connectivity index (χ2v) is 13.3. The van der Waals surface area contributed by atoms with Gasteiger partial charge in [-0.1, -0.05) is 96.0 Å². The summed E-state index contributed by atoms with van der Waals surface area (Å²) in [5.74, 6) is 2.08. The highest BCUT2D eigenvalue weighted by Crippen LogP contribution is 2.37. The highest BCUT2D eigenvalue weighted by molar-refractivity contribution is 5.98. The summed E-state index contributed by atoms with van der Waals surface area (Å²) < 4.78 is 4.90. The van der Waals surface area contributed by atoms with Crippen LogP contribution in [0.15, 0.2) is 91.0 Å². The van der Waals surface area contributed by atoms with Crippen LogP contribution in [0.25, 0.3) is 66.4 Å². The topological polar surface area (TPSA) is 35.6 Å². The number of benzene rings is 5. The summed E-state index contributed by atoms with van der Waals surface area (Å²) in [6, 6.07) is 33.4. The van der Waals surface area contributed by atoms with E-state index < -0.39 is 0 Å². The fourth-order valence-corrected chi connectivity index (χ4v) is 6.47. The fourth-order valence-electron chi connectivity index (χ4n) is 6.47. The van der Waals surface area contributed by atoms with E-state index in [0.717, 1.165) is 72.6 Å². The number of hydrogen-bond acceptors (Lipinski definition) is 2. The maximum absolute atomic E-state index is 5.33. The van der Waals surface area contributed by atoms with Crippen LogP contribution in [0.4, 0.5) is 0 Å². The first-order valence-corrected chi connectivity index (χ1v) is 16.3. The summed E-state index contributed by atoms with van der Waals surface area (Å²) in [7, 11) is 0. The Balaban J connectivity index is 1.48. The average molecular weight is 579 g/mol. The second kappa shape index (κ2) is 11.2. The standard InChI is InChI=1S/C40H42N4/c1-6-8-18-43-36-25-29-16-12-10-14-27(29)23-34(36)41-38(43)31-20-32(22-33(21-31)40(3,4)5)39-42-35-24-28-15-11-13-17-30(28)26-37(35)44(39)19-9-7-2/h10-17,20-26H,6-9,18-19H2,1-5H3. The Bertz CT molecular complexity index is 1990. The van der Waals surface area contributed by atoms with Gasteiger partial charge in [0.05, 0.1) is 22.1 Å². The van der Waals surface area contributed by atoms with Crippen LogP contribution in [0.2, 0.25) is 0 Å². The molecule has 0 saturated heterocycles. The lowest BCUT2D eigenvalue weighted by atomic mass is 9.84. The molecular weight excluding hydrogens is 536 g/mol. The van der Waals surface area contributed by atoms with Gasteiger partial charge >= 0.3 is 0 Å². The van der Waals surface area contributed by atoms with E-state index in [4.69, 9.17) is 9.97 Å². The number of unbranched alkanes of at least 4 members (excludes halogenated alkanes) is 2. The maximum Gasteiger partial charge on any atom is 0.141 e. The minimum Gasteiger partial charge on any atom is -0.324 e. The summed E-state index contributed by atoms with van der Waals surface area (Å²) >= 11 is 0. The van der Waals surface area contributed by atoms with Crippen molar-refractivity contribution in [3.05, 3.63) is 96.6 Å². The number of aromatic nitrogens is 4. The van der Waals surface area contributed by atoms with E-state index in [0.29, 0.717) is 0 Å². The smallest absolute Gasteiger partial charge is 0.141 e. The lowest BCUT2D eigenvalue weighted by Gasteiger charge is -2.22. The Kier molecular flexibility index (Phi) is 7.24. The van der Waals surface area contributed by atoms with Crippen molar-refractivity contribution in [1.29, 1.82) is 0 Å². The van der Waals surface area contributed by atoms with E-state index in [-0.39, 0.29) is 5.41 Å². The Morgan fingerprint density at radius 3 is 1.34 bits per heavy atom. The van der Waals surface area contributed by atoms with E-state index in [1.807, 2.05) is 0 Å². The maximum atomic E-state index is 5.33. The van der Waals surface area contributed by atoms with E-state index in [9.17, 15) is 0 Å². The first-order valence-electron chi connectivity index (χ1n) is 16.3. The third-order valence-corrected chi connectivity index (χ3v) is 9.02. The molecule has 0 atom stereocenters. The zero-order valence-corrected chi connectivity index (χ0v) is 26.7. The van der Waals surface area contributed by atoms with Crippen LogP contribution >= 0.6 is 0 Å². The summed E-state index contributed by atoms with van der Waals surface area (Å²) in [6.45, 7) is 13.3. The average Bonchev–Trinajstić information content (AvgIpc) is 3.56. The molecule has 7 rings (SSSR count). The molecule has 0 aliphatic carbocycles. The summed E-state index contributed by atoms with van der Waals surface area (Å²) in [5.41, 5.74) is 8.09. The summed E-state index contributed by atoms with van der Waals surface area (Å²) in [6.07, 6.45) is 4.49. The highest BCUT2D eigenvalue weighted by atomic mass is 15.1. The third kappa shape index (κ3) is 5.06. The van der Waals surface area contributed by atoms with E-state index in [1.54, 1.807) is 0 Å². The zero-order valence-electron chi connectivity index (χ0n) is 26.7. The first kappa shape index (κ1) is 28.3. The van der Waals surface area contributed by atoms with Gasteiger partial charge in [-0.25, -0.2) is 9.97 Å². The molecule has 5 aromatic carbocycles. The van der Waals surface area contributed by atoms with E-state index in [1.165, 1.54) is 38.1 Å². The van der Waals surface area contributed by atoms with Crippen LogP contribution < -0.4 is 0 Å². The Morgan fingerprint density at radius 1 is 0.545 bits per heavy atom. The molecule has 7 aromatic rings. The Morgan fingerprint density at radius 2 is 0.955 bits per heavy atom. The number of nitrogens with zero attached hydrogens (tertiary/aromatic N) is 4. The molecule has 0 saturated carbocycles. The SMILES string of the molecule is CCCCn1c(-c2cc(-c3nc4cc5ccccc5cc4n3CCCC)cc(C(C)(C)C)c2)nc2cc3ccccc3cc21. The molecule has 0 fully saturated rings. The zero-order chi connectivity index (χ0) is 30.4. The van der Waals surface area contributed by atoms with Crippen LogP contribution in [0.3, 0.4) is 0 Å². The van der Waals surface area contributed by atoms with Gasteiger partial charge in [0.1, 0.15) is 11.6 Å². The summed E-state index contributed by atoms with van der Waals surface area (Å²) in [4.78, 5) is 10.7. The molecule has 222 valence electrons. The largest absolute Gasteiger partial charge is 0.324 e. The normalized spacial score (nSPS) is 12.3. The van der Waals surface area contributed by atoms with Crippen LogP contribution in [0.5, 0.6) is 0 Å². The molecular formula is C40H42N4. The molecule has 0 bridgehead atoms. The molecule has 0 N–H and O–H groups in total. The van der Waals surface area contributed by atoms with Crippen LogP contribution in [-0.4, -0.2) is 19.1 Å². The lowest BCUT2D eigenvalue weighted by Crippen LogP contribution is -2.12. The Labute approximate surface area is 260 Å². The van der Waals surface area contributed by atoms with Gasteiger partial charge in [-0.2, -0.15) is 0 Å². The minimum absolute atomic E-state index is 0.0331. The monoisotopic (exact) mass is 578 g/mol. The van der Waals surface area contributed by atoms with Crippen molar-refractivity contribution in [1.82, 2.24) is 19.1 Å². The van der Waals surface area contributed by atoms with Gasteiger partial charge in [-0.05, 0) is 87.8 Å². The van der Waals surface area contributed by atoms with E-state index in [2.05, 4.69) is 135 Å². The Hall–Kier alpha value is -4.44. The predicted octanol–water partition coefficient (Wildman–Crippen LogP) is 10.9. The van der Waals surface area contributed by atoms with Crippen molar-refractivity contribution in [3.63, 3.8) is 0 Å². The molecule has 0 aliphatic rings. The van der Waals surface area contributed by atoms with Gasteiger partial charge < -0.3 is 9.13 Å². The number of rotatable bonds is 8. The van der Waals surface area contributed by atoms with Gasteiger partial charge in [0, 0.05) is 24.2 Å². The van der Waals surface area contributed by atoms with Gasteiger partial charge in [-0.15, -0.1) is 0 Å². The molecule has 44 heavy (non-hydrogen) atoms. The van der Waals surface area contributed by atoms with Crippen molar-refractivity contribution < 1.29 is 0 Å². The van der Waals surface area contributed by atoms with Gasteiger partial charge in [0.25, 0.3) is 0 Å². The molecule has 0 radical (unpaired) electrons. The van der Waals surface area contributed by atoms with Crippen LogP contribution in [0.1, 0.15) is 65.9 Å². The van der Waals surface area contributed by atoms with Crippen molar-refractivity contribution in [2.45, 2.75) is 78.8 Å². The summed E-state index contributed by atoms with van der Waals surface area (Å²) in [5, 5.41) is 4.97. The lowest BCUT2D eigenvalue weighted by molar-refractivity contribution is 0.590. The van der Waals surface area contributed by atoms with Crippen LogP contribution in [0, 0.1) is 0 Å². The van der Waals surface area contributed by atoms with Crippen molar-refractivity contribution in [3.8, 4) is 22.8 Å². The molecule has 0 spiro atoms. The molecule has 2 heterocycles. The number of hydrogen-bond donors (Lipinski definition) is 0. The minimum atomic E-state index is -0.0331. The van der Waals surface area contributed by atoms with Crippen LogP contribution in [-0.2, 0) is 18.5 Å². The van der Waals surface area contributed by atoms with Crippen molar-refractivity contribution in [2.75, 3.05) is 0 Å². The molecule has 0 aliphatic heterocycles. The third-order valence-electron chi connectivity index (χ3n) is 9.02. The molecule has 4 heteroatoms. The number of aryl methyl sites for hydroxylation is 2. The second-order valence-electron chi connectivity index (χ2n) is 13.3. The molecule has 2 aromatic heterocycles. The van der Waals surface area contributed by atoms with Gasteiger partial charge in [0.15, 0.2) is 0 Å². The first-order chi connectivity index (χ1) is 21.3. The van der Waals surface area contributed by atoms with Crippen molar-refractivity contribution in [2.24, 2.45) is 0 Å². The van der Waals surface area contributed by atoms with Crippen molar-refractivity contribution >= 4 is 43.6 Å². The van der Waals surface area contributed by atoms with E-state index >= 15 is 0 Å². The molecule has 4 nitrogen and oxygen atoms in total. The number of imidazole rings is 2. The molecule has 0 unspecified atom stereocenters. The quantitative estimate of drug-likeness (QED) is 0.180.